The zero-order valence-electron chi connectivity index (χ0n) is 9.88. The smallest absolute Gasteiger partial charge is 0.237 e. The average molecular weight is 263 g/mol. The number of nitrogens with zero attached hydrogens (tertiary/aromatic N) is 3. The zero-order valence-corrected chi connectivity index (χ0v) is 10.7. The van der Waals surface area contributed by atoms with Gasteiger partial charge in [0.2, 0.25) is 5.88 Å². The normalized spacial score (nSPS) is 11.2. The van der Waals surface area contributed by atoms with Crippen molar-refractivity contribution in [2.24, 2.45) is 0 Å². The first-order valence-electron chi connectivity index (χ1n) is 5.56. The highest BCUT2D eigenvalue weighted by molar-refractivity contribution is 7.15. The fourth-order valence-corrected chi connectivity index (χ4v) is 2.56. The Labute approximate surface area is 108 Å². The van der Waals surface area contributed by atoms with Crippen molar-refractivity contribution in [2.75, 3.05) is 7.11 Å². The molecule has 0 atom stereocenters. The molecule has 0 radical (unpaired) electrons. The van der Waals surface area contributed by atoms with Gasteiger partial charge in [-0.3, -0.25) is 9.50 Å². The Kier molecular flexibility index (Phi) is 2.99. The highest BCUT2D eigenvalue weighted by atomic mass is 32.1. The predicted molar refractivity (Wildman–Crippen MR) is 68.8 cm³/mol. The largest absolute Gasteiger partial charge is 0.480 e. The zero-order chi connectivity index (χ0) is 12.4. The molecule has 0 saturated heterocycles. The van der Waals surface area contributed by atoms with E-state index < -0.39 is 0 Å². The molecule has 0 unspecified atom stereocenters. The Hall–Kier alpha value is -1.86. The summed E-state index contributed by atoms with van der Waals surface area (Å²) in [4.78, 5) is 5.36. The van der Waals surface area contributed by atoms with Gasteiger partial charge in [0.1, 0.15) is 5.69 Å². The van der Waals surface area contributed by atoms with Crippen LogP contribution in [0.15, 0.2) is 23.8 Å². The summed E-state index contributed by atoms with van der Waals surface area (Å²) >= 11 is 1.60. The lowest BCUT2D eigenvalue weighted by Gasteiger charge is -2.04. The molecule has 3 aromatic rings. The summed E-state index contributed by atoms with van der Waals surface area (Å²) in [6, 6.07) is 1.95. The number of nitrogens with one attached hydrogen (secondary N) is 2. The maximum absolute atomic E-state index is 5.29. The first-order chi connectivity index (χ1) is 8.88. The Morgan fingerprint density at radius 3 is 3.22 bits per heavy atom. The number of rotatable bonds is 5. The van der Waals surface area contributed by atoms with E-state index >= 15 is 0 Å². The van der Waals surface area contributed by atoms with Gasteiger partial charge in [-0.25, -0.2) is 0 Å². The van der Waals surface area contributed by atoms with Crippen LogP contribution in [-0.2, 0) is 13.1 Å². The van der Waals surface area contributed by atoms with Crippen LogP contribution in [0.1, 0.15) is 11.4 Å². The summed E-state index contributed by atoms with van der Waals surface area (Å²) in [5, 5.41) is 12.2. The second-order valence-electron chi connectivity index (χ2n) is 3.81. The van der Waals surface area contributed by atoms with Crippen molar-refractivity contribution < 1.29 is 4.74 Å². The summed E-state index contributed by atoms with van der Waals surface area (Å²) in [5.74, 6) is 0.680. The SMILES string of the molecule is COc1nc2sccn2c1CNCc1ccn[nH]1. The topological polar surface area (TPSA) is 67.2 Å². The van der Waals surface area contributed by atoms with Crippen LogP contribution in [0.25, 0.3) is 4.96 Å². The maximum Gasteiger partial charge on any atom is 0.237 e. The fourth-order valence-electron chi connectivity index (χ4n) is 1.84. The van der Waals surface area contributed by atoms with Crippen LogP contribution in [0, 0.1) is 0 Å². The van der Waals surface area contributed by atoms with Gasteiger partial charge in [0.25, 0.3) is 0 Å². The first kappa shape index (κ1) is 11.2. The van der Waals surface area contributed by atoms with Crippen LogP contribution in [0.4, 0.5) is 0 Å². The van der Waals surface area contributed by atoms with Crippen molar-refractivity contribution in [3.8, 4) is 5.88 Å². The second kappa shape index (κ2) is 4.79. The molecule has 0 aromatic carbocycles. The number of ether oxygens (including phenoxy) is 1. The molecular formula is C11H13N5OS. The number of H-pyrrole nitrogens is 1. The average Bonchev–Trinajstić information content (AvgIpc) is 3.06. The minimum absolute atomic E-state index is 0.680. The number of fused-ring (bicyclic) bond motifs is 1. The highest BCUT2D eigenvalue weighted by Gasteiger charge is 2.12. The van der Waals surface area contributed by atoms with Crippen molar-refractivity contribution in [2.45, 2.75) is 13.1 Å². The number of methoxy groups -OCH3 is 1. The third-order valence-electron chi connectivity index (χ3n) is 2.68. The van der Waals surface area contributed by atoms with Gasteiger partial charge in [-0.05, 0) is 6.07 Å². The lowest BCUT2D eigenvalue weighted by atomic mass is 10.4. The van der Waals surface area contributed by atoms with E-state index in [-0.39, 0.29) is 0 Å². The van der Waals surface area contributed by atoms with Crippen LogP contribution in [0.5, 0.6) is 5.88 Å². The van der Waals surface area contributed by atoms with Crippen LogP contribution in [0.3, 0.4) is 0 Å². The molecule has 0 aliphatic rings. The van der Waals surface area contributed by atoms with Gasteiger partial charge in [0.15, 0.2) is 4.96 Å². The van der Waals surface area contributed by atoms with Crippen LogP contribution < -0.4 is 10.1 Å². The van der Waals surface area contributed by atoms with Gasteiger partial charge in [-0.2, -0.15) is 10.1 Å². The molecule has 94 valence electrons. The number of aromatic amines is 1. The van der Waals surface area contributed by atoms with Crippen molar-refractivity contribution in [1.29, 1.82) is 0 Å². The van der Waals surface area contributed by atoms with E-state index in [1.54, 1.807) is 24.6 Å². The molecular weight excluding hydrogens is 250 g/mol. The Morgan fingerprint density at radius 1 is 1.50 bits per heavy atom. The second-order valence-corrected chi connectivity index (χ2v) is 4.68. The van der Waals surface area contributed by atoms with Crippen molar-refractivity contribution in [3.63, 3.8) is 0 Å². The van der Waals surface area contributed by atoms with Crippen molar-refractivity contribution >= 4 is 16.3 Å². The van der Waals surface area contributed by atoms with Crippen molar-refractivity contribution in [1.82, 2.24) is 24.9 Å². The van der Waals surface area contributed by atoms with Gasteiger partial charge in [-0.15, -0.1) is 11.3 Å². The fraction of sp³-hybridized carbons (Fsp3) is 0.273. The molecule has 2 N–H and O–H groups in total. The highest BCUT2D eigenvalue weighted by Crippen LogP contribution is 2.22. The number of aromatic nitrogens is 4. The summed E-state index contributed by atoms with van der Waals surface area (Å²) < 4.78 is 7.34. The standard InChI is InChI=1S/C11H13N5OS/c1-17-10-9(16-4-5-18-11(16)14-10)7-12-6-8-2-3-13-15-8/h2-5,12H,6-7H2,1H3,(H,13,15). The Bertz CT molecular complexity index is 627. The molecule has 0 amide bonds. The minimum Gasteiger partial charge on any atom is -0.480 e. The van der Waals surface area contributed by atoms with Gasteiger partial charge in [0.05, 0.1) is 7.11 Å². The molecule has 18 heavy (non-hydrogen) atoms. The van der Waals surface area contributed by atoms with Crippen molar-refractivity contribution in [3.05, 3.63) is 35.2 Å². The summed E-state index contributed by atoms with van der Waals surface area (Å²) in [6.45, 7) is 1.43. The monoisotopic (exact) mass is 263 g/mol. The third-order valence-corrected chi connectivity index (χ3v) is 3.44. The summed E-state index contributed by atoms with van der Waals surface area (Å²) in [5.41, 5.74) is 2.09. The third kappa shape index (κ3) is 1.98. The van der Waals surface area contributed by atoms with Gasteiger partial charge in [-0.1, -0.05) is 0 Å². The summed E-state index contributed by atoms with van der Waals surface area (Å²) in [6.07, 6.45) is 3.75. The van der Waals surface area contributed by atoms with E-state index in [1.807, 2.05) is 22.0 Å². The molecule has 0 bridgehead atoms. The first-order valence-corrected chi connectivity index (χ1v) is 6.44. The van der Waals surface area contributed by atoms with Gasteiger partial charge < -0.3 is 10.1 Å². The molecule has 7 heteroatoms. The molecule has 0 aliphatic carbocycles. The van der Waals surface area contributed by atoms with Crippen LogP contribution in [0.2, 0.25) is 0 Å². The summed E-state index contributed by atoms with van der Waals surface area (Å²) in [7, 11) is 1.64. The number of hydrogen-bond donors (Lipinski definition) is 2. The van der Waals surface area contributed by atoms with Crippen LogP contribution >= 0.6 is 11.3 Å². The van der Waals surface area contributed by atoms with Crippen LogP contribution in [-0.4, -0.2) is 26.7 Å². The molecule has 0 fully saturated rings. The van der Waals surface area contributed by atoms with Gasteiger partial charge >= 0.3 is 0 Å². The number of thiazole rings is 1. The lowest BCUT2D eigenvalue weighted by molar-refractivity contribution is 0.392. The molecule has 3 aromatic heterocycles. The van der Waals surface area contributed by atoms with E-state index in [0.29, 0.717) is 12.4 Å². The van der Waals surface area contributed by atoms with E-state index in [2.05, 4.69) is 20.5 Å². The Morgan fingerprint density at radius 2 is 2.44 bits per heavy atom. The maximum atomic E-state index is 5.29. The molecule has 0 saturated carbocycles. The lowest BCUT2D eigenvalue weighted by Crippen LogP contribution is -2.14. The molecule has 6 nitrogen and oxygen atoms in total. The van der Waals surface area contributed by atoms with E-state index in [1.165, 1.54) is 0 Å². The number of hydrogen-bond acceptors (Lipinski definition) is 5. The van der Waals surface area contributed by atoms with Gasteiger partial charge in [0, 0.05) is 36.6 Å². The van der Waals surface area contributed by atoms with E-state index in [4.69, 9.17) is 4.74 Å². The molecule has 0 aliphatic heterocycles. The number of imidazole rings is 1. The Balaban J connectivity index is 1.74. The predicted octanol–water partition coefficient (Wildman–Crippen LogP) is 1.42. The molecule has 3 rings (SSSR count). The van der Waals surface area contributed by atoms with E-state index in [0.717, 1.165) is 22.9 Å². The molecule has 3 heterocycles. The minimum atomic E-state index is 0.680. The van der Waals surface area contributed by atoms with E-state index in [9.17, 15) is 0 Å². The molecule has 0 spiro atoms. The quantitative estimate of drug-likeness (QED) is 0.730.